The van der Waals surface area contributed by atoms with Crippen molar-refractivity contribution >= 4 is 11.8 Å². The van der Waals surface area contributed by atoms with E-state index < -0.39 is 0 Å². The number of hydrogen-bond acceptors (Lipinski definition) is 2. The number of aryl methyl sites for hydroxylation is 1. The molecule has 2 N–H and O–H groups in total. The van der Waals surface area contributed by atoms with Crippen molar-refractivity contribution in [2.24, 2.45) is 17.6 Å². The molecule has 23 heavy (non-hydrogen) atoms. The molecule has 2 aliphatic carbocycles. The number of thioether (sulfide) groups is 1. The lowest BCUT2D eigenvalue weighted by atomic mass is 9.81. The first-order valence-corrected chi connectivity index (χ1v) is 10.7. The lowest BCUT2D eigenvalue weighted by Crippen LogP contribution is -2.16. The molecule has 0 bridgehead atoms. The van der Waals surface area contributed by atoms with E-state index in [1.165, 1.54) is 56.5 Å². The van der Waals surface area contributed by atoms with Crippen LogP contribution in [0.2, 0.25) is 0 Å². The van der Waals surface area contributed by atoms with Gasteiger partial charge in [-0.2, -0.15) is 11.8 Å². The van der Waals surface area contributed by atoms with Gasteiger partial charge in [-0.05, 0) is 90.9 Å². The zero-order chi connectivity index (χ0) is 16.2. The summed E-state index contributed by atoms with van der Waals surface area (Å²) in [7, 11) is 0. The number of rotatable bonds is 6. The quantitative estimate of drug-likeness (QED) is 0.728. The van der Waals surface area contributed by atoms with Gasteiger partial charge < -0.3 is 5.73 Å². The van der Waals surface area contributed by atoms with Gasteiger partial charge in [-0.3, -0.25) is 0 Å². The molecule has 0 radical (unpaired) electrons. The molecule has 0 spiro atoms. The number of nitrogens with two attached hydrogens (primary N) is 1. The van der Waals surface area contributed by atoms with Gasteiger partial charge in [0.05, 0.1) is 0 Å². The monoisotopic (exact) mass is 331 g/mol. The third-order valence-corrected chi connectivity index (χ3v) is 7.05. The van der Waals surface area contributed by atoms with Gasteiger partial charge in [-0.15, -0.1) is 0 Å². The second kappa shape index (κ2) is 8.07. The summed E-state index contributed by atoms with van der Waals surface area (Å²) < 4.78 is 0. The highest BCUT2D eigenvalue weighted by atomic mass is 32.2. The molecule has 0 unspecified atom stereocenters. The summed E-state index contributed by atoms with van der Waals surface area (Å²) in [5, 5.41) is 0. The molecule has 1 saturated carbocycles. The molecule has 0 aliphatic heterocycles. The van der Waals surface area contributed by atoms with E-state index in [0.29, 0.717) is 6.04 Å². The molecule has 0 aromatic heterocycles. The highest BCUT2D eigenvalue weighted by Gasteiger charge is 2.25. The lowest BCUT2D eigenvalue weighted by molar-refractivity contribution is 0.447. The maximum atomic E-state index is 6.09. The fourth-order valence-electron chi connectivity index (χ4n) is 4.24. The Hall–Kier alpha value is -0.470. The minimum Gasteiger partial charge on any atom is -0.328 e. The summed E-state index contributed by atoms with van der Waals surface area (Å²) in [6.07, 6.45) is 9.07. The highest BCUT2D eigenvalue weighted by Crippen LogP contribution is 2.36. The van der Waals surface area contributed by atoms with Gasteiger partial charge >= 0.3 is 0 Å². The van der Waals surface area contributed by atoms with Gasteiger partial charge in [0.25, 0.3) is 0 Å². The fraction of sp³-hybridized carbons (Fsp3) is 0.714. The van der Waals surface area contributed by atoms with Crippen LogP contribution in [0.3, 0.4) is 0 Å². The zero-order valence-electron chi connectivity index (χ0n) is 14.9. The van der Waals surface area contributed by atoms with E-state index in [-0.39, 0.29) is 0 Å². The van der Waals surface area contributed by atoms with Crippen molar-refractivity contribution in [1.29, 1.82) is 0 Å². The van der Waals surface area contributed by atoms with Gasteiger partial charge in [0, 0.05) is 6.04 Å². The van der Waals surface area contributed by atoms with Crippen LogP contribution in [0.5, 0.6) is 0 Å². The molecule has 1 nitrogen and oxygen atoms in total. The number of hydrogen-bond donors (Lipinski definition) is 1. The standard InChI is InChI=1S/C21H33NS/c1-15(2)14-23-10-9-16-3-4-18-12-19(6-5-17(18)11-16)20-7-8-21(22)13-20/h5-6,12,15-16,20-21H,3-4,7-11,13-14,22H2,1-2H3/t16-,20+,21-/m1/s1. The Balaban J connectivity index is 1.53. The summed E-state index contributed by atoms with van der Waals surface area (Å²) in [5.41, 5.74) is 10.9. The summed E-state index contributed by atoms with van der Waals surface area (Å²) in [5.74, 6) is 5.12. The van der Waals surface area contributed by atoms with E-state index in [4.69, 9.17) is 5.73 Å². The van der Waals surface area contributed by atoms with Crippen molar-refractivity contribution in [3.8, 4) is 0 Å². The van der Waals surface area contributed by atoms with Crippen molar-refractivity contribution in [3.63, 3.8) is 0 Å². The highest BCUT2D eigenvalue weighted by molar-refractivity contribution is 7.99. The third-order valence-electron chi connectivity index (χ3n) is 5.63. The van der Waals surface area contributed by atoms with Crippen molar-refractivity contribution < 1.29 is 0 Å². The Morgan fingerprint density at radius 1 is 1.17 bits per heavy atom. The van der Waals surface area contributed by atoms with Gasteiger partial charge in [0.2, 0.25) is 0 Å². The molecule has 0 amide bonds. The first kappa shape index (κ1) is 17.4. The third kappa shape index (κ3) is 4.76. The maximum Gasteiger partial charge on any atom is 0.00448 e. The van der Waals surface area contributed by atoms with E-state index >= 15 is 0 Å². The summed E-state index contributed by atoms with van der Waals surface area (Å²) in [6.45, 7) is 4.64. The van der Waals surface area contributed by atoms with Crippen molar-refractivity contribution in [2.45, 2.75) is 70.8 Å². The van der Waals surface area contributed by atoms with Crippen molar-refractivity contribution in [3.05, 3.63) is 34.9 Å². The van der Waals surface area contributed by atoms with Crippen molar-refractivity contribution in [2.75, 3.05) is 11.5 Å². The topological polar surface area (TPSA) is 26.0 Å². The minimum atomic E-state index is 0.434. The van der Waals surface area contributed by atoms with Gasteiger partial charge in [0.15, 0.2) is 0 Å². The smallest absolute Gasteiger partial charge is 0.00448 e. The van der Waals surface area contributed by atoms with Gasteiger partial charge in [-0.1, -0.05) is 32.0 Å². The van der Waals surface area contributed by atoms with Crippen LogP contribution >= 0.6 is 11.8 Å². The Labute approximate surface area is 146 Å². The van der Waals surface area contributed by atoms with Crippen LogP contribution in [-0.4, -0.2) is 17.5 Å². The van der Waals surface area contributed by atoms with Crippen LogP contribution in [0.4, 0.5) is 0 Å². The summed E-state index contributed by atoms with van der Waals surface area (Å²) in [4.78, 5) is 0. The Bertz CT molecular complexity index is 511. The molecule has 0 saturated heterocycles. The average Bonchev–Trinajstić information content (AvgIpc) is 2.97. The van der Waals surface area contributed by atoms with Crippen LogP contribution in [0.25, 0.3) is 0 Å². The first-order chi connectivity index (χ1) is 11.1. The molecular weight excluding hydrogens is 298 g/mol. The summed E-state index contributed by atoms with van der Waals surface area (Å²) in [6, 6.07) is 7.78. The molecule has 3 rings (SSSR count). The zero-order valence-corrected chi connectivity index (χ0v) is 15.7. The average molecular weight is 332 g/mol. The molecule has 2 aliphatic rings. The van der Waals surface area contributed by atoms with Crippen LogP contribution in [0.15, 0.2) is 18.2 Å². The van der Waals surface area contributed by atoms with Crippen LogP contribution in [0.1, 0.15) is 68.6 Å². The Morgan fingerprint density at radius 3 is 2.78 bits per heavy atom. The molecule has 1 aromatic carbocycles. The molecule has 1 aromatic rings. The molecule has 3 atom stereocenters. The Morgan fingerprint density at radius 2 is 2.04 bits per heavy atom. The second-order valence-electron chi connectivity index (χ2n) is 8.16. The fourth-order valence-corrected chi connectivity index (χ4v) is 5.38. The SMILES string of the molecule is CC(C)CSCC[C@H]1CCc2cc([C@H]3CC[C@@H](N)C3)ccc2C1. The number of fused-ring (bicyclic) bond motifs is 1. The normalized spacial score (nSPS) is 27.4. The predicted octanol–water partition coefficient (Wildman–Crippen LogP) is 5.17. The largest absolute Gasteiger partial charge is 0.328 e. The maximum absolute atomic E-state index is 6.09. The molecule has 128 valence electrons. The first-order valence-electron chi connectivity index (χ1n) is 9.57. The van der Waals surface area contributed by atoms with E-state index in [2.05, 4.69) is 43.8 Å². The van der Waals surface area contributed by atoms with E-state index in [0.717, 1.165) is 17.8 Å². The molecule has 0 heterocycles. The molecular formula is C21H33NS. The summed E-state index contributed by atoms with van der Waals surface area (Å²) >= 11 is 2.14. The Kier molecular flexibility index (Phi) is 6.09. The van der Waals surface area contributed by atoms with E-state index in [9.17, 15) is 0 Å². The minimum absolute atomic E-state index is 0.434. The predicted molar refractivity (Wildman–Crippen MR) is 103 cm³/mol. The van der Waals surface area contributed by atoms with E-state index in [1.807, 2.05) is 0 Å². The second-order valence-corrected chi connectivity index (χ2v) is 9.31. The lowest BCUT2D eigenvalue weighted by Gasteiger charge is -2.26. The van der Waals surface area contributed by atoms with E-state index in [1.54, 1.807) is 16.7 Å². The molecule has 2 heteroatoms. The van der Waals surface area contributed by atoms with Crippen LogP contribution < -0.4 is 5.73 Å². The number of benzene rings is 1. The van der Waals surface area contributed by atoms with Crippen molar-refractivity contribution in [1.82, 2.24) is 0 Å². The molecule has 1 fully saturated rings. The van der Waals surface area contributed by atoms with Gasteiger partial charge in [0.1, 0.15) is 0 Å². The van der Waals surface area contributed by atoms with Crippen LogP contribution in [0, 0.1) is 11.8 Å². The van der Waals surface area contributed by atoms with Gasteiger partial charge in [-0.25, -0.2) is 0 Å². The van der Waals surface area contributed by atoms with Crippen LogP contribution in [-0.2, 0) is 12.8 Å².